The number of benzene rings is 1. The van der Waals surface area contributed by atoms with Crippen molar-refractivity contribution >= 4 is 15.9 Å². The van der Waals surface area contributed by atoms with Crippen molar-refractivity contribution in [2.45, 2.75) is 12.6 Å². The van der Waals surface area contributed by atoms with Gasteiger partial charge in [0.1, 0.15) is 10.7 Å². The van der Waals surface area contributed by atoms with Crippen LogP contribution in [-0.4, -0.2) is 9.97 Å². The van der Waals surface area contributed by atoms with Crippen LogP contribution in [0, 0.1) is 11.3 Å². The fourth-order valence-electron chi connectivity index (χ4n) is 1.62. The topological polar surface area (TPSA) is 49.6 Å². The minimum atomic E-state index is -4.35. The zero-order chi connectivity index (χ0) is 14.8. The normalized spacial score (nSPS) is 11.2. The Labute approximate surface area is 121 Å². The van der Waals surface area contributed by atoms with Gasteiger partial charge in [0.2, 0.25) is 0 Å². The molecule has 0 spiro atoms. The first kappa shape index (κ1) is 14.5. The van der Waals surface area contributed by atoms with Crippen molar-refractivity contribution in [2.24, 2.45) is 0 Å². The summed E-state index contributed by atoms with van der Waals surface area (Å²) in [6.45, 7) is 0. The van der Waals surface area contributed by atoms with E-state index in [2.05, 4.69) is 25.9 Å². The lowest BCUT2D eigenvalue weighted by atomic mass is 10.1. The monoisotopic (exact) mass is 341 g/mol. The van der Waals surface area contributed by atoms with E-state index in [4.69, 9.17) is 5.26 Å². The lowest BCUT2D eigenvalue weighted by Gasteiger charge is -2.08. The van der Waals surface area contributed by atoms with E-state index in [1.165, 1.54) is 18.3 Å². The van der Waals surface area contributed by atoms with Gasteiger partial charge in [-0.25, -0.2) is 4.98 Å². The van der Waals surface area contributed by atoms with Gasteiger partial charge in [-0.2, -0.15) is 18.4 Å². The van der Waals surface area contributed by atoms with Crippen LogP contribution < -0.4 is 0 Å². The quantitative estimate of drug-likeness (QED) is 0.836. The third-order valence-electron chi connectivity index (χ3n) is 2.58. The largest absolute Gasteiger partial charge is 0.416 e. The first-order valence-electron chi connectivity index (χ1n) is 5.48. The van der Waals surface area contributed by atoms with Gasteiger partial charge in [0, 0.05) is 6.42 Å². The van der Waals surface area contributed by atoms with E-state index in [9.17, 15) is 13.2 Å². The van der Waals surface area contributed by atoms with E-state index >= 15 is 0 Å². The molecule has 2 aromatic rings. The Balaban J connectivity index is 2.25. The predicted molar refractivity (Wildman–Crippen MR) is 68.7 cm³/mol. The summed E-state index contributed by atoms with van der Waals surface area (Å²) in [5, 5.41) is 8.95. The molecule has 0 amide bonds. The first-order chi connectivity index (χ1) is 9.40. The molecule has 1 heterocycles. The van der Waals surface area contributed by atoms with Crippen LogP contribution in [0.15, 0.2) is 35.1 Å². The van der Waals surface area contributed by atoms with E-state index in [0.29, 0.717) is 15.9 Å². The molecule has 0 fully saturated rings. The van der Waals surface area contributed by atoms with Crippen LogP contribution in [0.4, 0.5) is 13.2 Å². The minimum absolute atomic E-state index is 0.152. The molecule has 0 saturated carbocycles. The molecule has 20 heavy (non-hydrogen) atoms. The fraction of sp³-hybridized carbons (Fsp3) is 0.154. The average Bonchev–Trinajstić information content (AvgIpc) is 2.40. The van der Waals surface area contributed by atoms with Crippen LogP contribution >= 0.6 is 15.9 Å². The van der Waals surface area contributed by atoms with Gasteiger partial charge < -0.3 is 0 Å². The molecule has 1 aromatic carbocycles. The van der Waals surface area contributed by atoms with Gasteiger partial charge in [0.15, 0.2) is 5.69 Å². The molecule has 0 radical (unpaired) electrons. The third kappa shape index (κ3) is 3.33. The zero-order valence-electron chi connectivity index (χ0n) is 9.95. The SMILES string of the molecule is N#Cc1nc(Br)cnc1Cc1ccc(C(F)(F)F)cc1. The first-order valence-corrected chi connectivity index (χ1v) is 6.27. The predicted octanol–water partition coefficient (Wildman–Crippen LogP) is 3.72. The van der Waals surface area contributed by atoms with E-state index in [-0.39, 0.29) is 12.1 Å². The van der Waals surface area contributed by atoms with Crippen molar-refractivity contribution in [3.63, 3.8) is 0 Å². The molecule has 0 atom stereocenters. The van der Waals surface area contributed by atoms with Gasteiger partial charge in [-0.1, -0.05) is 12.1 Å². The highest BCUT2D eigenvalue weighted by Crippen LogP contribution is 2.29. The maximum Gasteiger partial charge on any atom is 0.416 e. The number of aromatic nitrogens is 2. The molecule has 0 aliphatic heterocycles. The van der Waals surface area contributed by atoms with Crippen molar-refractivity contribution in [1.82, 2.24) is 9.97 Å². The van der Waals surface area contributed by atoms with Crippen LogP contribution in [-0.2, 0) is 12.6 Å². The minimum Gasteiger partial charge on any atom is -0.255 e. The second-order valence-corrected chi connectivity index (χ2v) is 4.78. The summed E-state index contributed by atoms with van der Waals surface area (Å²) in [6.07, 6.45) is -2.66. The smallest absolute Gasteiger partial charge is 0.255 e. The molecule has 1 aromatic heterocycles. The highest BCUT2D eigenvalue weighted by molar-refractivity contribution is 9.10. The van der Waals surface area contributed by atoms with Gasteiger partial charge in [-0.05, 0) is 33.6 Å². The molecule has 0 aliphatic carbocycles. The molecule has 0 saturated heterocycles. The summed E-state index contributed by atoms with van der Waals surface area (Å²) in [5.74, 6) is 0. The van der Waals surface area contributed by atoms with Crippen LogP contribution in [0.2, 0.25) is 0 Å². The second kappa shape index (κ2) is 5.59. The van der Waals surface area contributed by atoms with Crippen molar-refractivity contribution in [1.29, 1.82) is 5.26 Å². The Kier molecular flexibility index (Phi) is 4.04. The Morgan fingerprint density at radius 3 is 2.40 bits per heavy atom. The van der Waals surface area contributed by atoms with Gasteiger partial charge in [0.05, 0.1) is 17.5 Å². The van der Waals surface area contributed by atoms with Crippen molar-refractivity contribution in [2.75, 3.05) is 0 Å². The molecule has 2 rings (SSSR count). The van der Waals surface area contributed by atoms with Crippen molar-refractivity contribution < 1.29 is 13.2 Å². The maximum atomic E-state index is 12.4. The Bertz CT molecular complexity index is 660. The van der Waals surface area contributed by atoms with Crippen molar-refractivity contribution in [3.8, 4) is 6.07 Å². The van der Waals surface area contributed by atoms with E-state index in [0.717, 1.165) is 12.1 Å². The van der Waals surface area contributed by atoms with Crippen LogP contribution in [0.3, 0.4) is 0 Å². The van der Waals surface area contributed by atoms with Crippen LogP contribution in [0.1, 0.15) is 22.5 Å². The van der Waals surface area contributed by atoms with E-state index in [1.54, 1.807) is 0 Å². The highest BCUT2D eigenvalue weighted by Gasteiger charge is 2.29. The summed E-state index contributed by atoms with van der Waals surface area (Å²) in [7, 11) is 0. The second-order valence-electron chi connectivity index (χ2n) is 3.97. The molecule has 102 valence electrons. The Morgan fingerprint density at radius 2 is 1.85 bits per heavy atom. The lowest BCUT2D eigenvalue weighted by molar-refractivity contribution is -0.137. The summed E-state index contributed by atoms with van der Waals surface area (Å²) in [6, 6.07) is 6.66. The third-order valence-corrected chi connectivity index (χ3v) is 2.96. The van der Waals surface area contributed by atoms with Gasteiger partial charge in [0.25, 0.3) is 0 Å². The fourth-order valence-corrected chi connectivity index (χ4v) is 1.90. The lowest BCUT2D eigenvalue weighted by Crippen LogP contribution is -2.05. The number of nitrogens with zero attached hydrogens (tertiary/aromatic N) is 3. The van der Waals surface area contributed by atoms with Crippen LogP contribution in [0.5, 0.6) is 0 Å². The number of rotatable bonds is 2. The van der Waals surface area contributed by atoms with Crippen molar-refractivity contribution in [3.05, 3.63) is 57.6 Å². The molecule has 3 nitrogen and oxygen atoms in total. The Hall–Kier alpha value is -1.94. The molecular weight excluding hydrogens is 335 g/mol. The number of nitriles is 1. The standard InChI is InChI=1S/C13H7BrF3N3/c14-12-7-19-10(11(6-18)20-12)5-8-1-3-9(4-2-8)13(15,16)17/h1-4,7H,5H2. The van der Waals surface area contributed by atoms with Gasteiger partial charge in [-0.15, -0.1) is 0 Å². The average molecular weight is 342 g/mol. The van der Waals surface area contributed by atoms with Gasteiger partial charge in [-0.3, -0.25) is 4.98 Å². The van der Waals surface area contributed by atoms with E-state index in [1.807, 2.05) is 6.07 Å². The molecule has 7 heteroatoms. The summed E-state index contributed by atoms with van der Waals surface area (Å²) in [5.41, 5.74) is 0.504. The summed E-state index contributed by atoms with van der Waals surface area (Å²) < 4.78 is 37.8. The Morgan fingerprint density at radius 1 is 1.20 bits per heavy atom. The summed E-state index contributed by atoms with van der Waals surface area (Å²) >= 11 is 3.10. The van der Waals surface area contributed by atoms with Gasteiger partial charge >= 0.3 is 6.18 Å². The number of alkyl halides is 3. The highest BCUT2D eigenvalue weighted by atomic mass is 79.9. The number of halogens is 4. The zero-order valence-corrected chi connectivity index (χ0v) is 11.5. The number of hydrogen-bond acceptors (Lipinski definition) is 3. The molecule has 0 unspecified atom stereocenters. The molecule has 0 N–H and O–H groups in total. The maximum absolute atomic E-state index is 12.4. The summed E-state index contributed by atoms with van der Waals surface area (Å²) in [4.78, 5) is 8.02. The molecule has 0 aliphatic rings. The molecular formula is C13H7BrF3N3. The molecule has 0 bridgehead atoms. The van der Waals surface area contributed by atoms with E-state index < -0.39 is 11.7 Å². The number of hydrogen-bond donors (Lipinski definition) is 0. The van der Waals surface area contributed by atoms with Crippen LogP contribution in [0.25, 0.3) is 0 Å².